The SMILES string of the molecule is COc1ccccc1NC(=O)C(=O)N/N=C\c1cc(C)n(-c2ccc(Cl)c(Cl)c2)c1C. The molecule has 0 aliphatic rings. The number of halogens is 2. The monoisotopic (exact) mass is 458 g/mol. The van der Waals surface area contributed by atoms with Crippen LogP contribution in [0.25, 0.3) is 5.69 Å². The summed E-state index contributed by atoms with van der Waals surface area (Å²) in [4.78, 5) is 24.2. The molecule has 2 amide bonds. The van der Waals surface area contributed by atoms with E-state index in [4.69, 9.17) is 27.9 Å². The van der Waals surface area contributed by atoms with Gasteiger partial charge in [-0.2, -0.15) is 5.10 Å². The molecule has 0 spiro atoms. The first-order chi connectivity index (χ1) is 14.8. The molecule has 0 fully saturated rings. The number of amides is 2. The van der Waals surface area contributed by atoms with E-state index < -0.39 is 11.8 Å². The quantitative estimate of drug-likeness (QED) is 0.335. The van der Waals surface area contributed by atoms with Gasteiger partial charge in [-0.05, 0) is 50.2 Å². The van der Waals surface area contributed by atoms with Crippen molar-refractivity contribution in [3.63, 3.8) is 0 Å². The Morgan fingerprint density at radius 2 is 1.77 bits per heavy atom. The molecule has 0 saturated heterocycles. The Morgan fingerprint density at radius 1 is 1.03 bits per heavy atom. The highest BCUT2D eigenvalue weighted by atomic mass is 35.5. The van der Waals surface area contributed by atoms with E-state index in [0.29, 0.717) is 21.5 Å². The maximum atomic E-state index is 12.1. The van der Waals surface area contributed by atoms with Crippen molar-refractivity contribution in [2.45, 2.75) is 13.8 Å². The average Bonchev–Trinajstić information content (AvgIpc) is 3.03. The summed E-state index contributed by atoms with van der Waals surface area (Å²) in [6.45, 7) is 3.85. The van der Waals surface area contributed by atoms with Gasteiger partial charge in [0.25, 0.3) is 0 Å². The van der Waals surface area contributed by atoms with Crippen molar-refractivity contribution < 1.29 is 14.3 Å². The number of hydrogen-bond acceptors (Lipinski definition) is 4. The summed E-state index contributed by atoms with van der Waals surface area (Å²) in [5.74, 6) is -1.31. The van der Waals surface area contributed by atoms with E-state index in [9.17, 15) is 9.59 Å². The zero-order valence-corrected chi connectivity index (χ0v) is 18.6. The van der Waals surface area contributed by atoms with Crippen LogP contribution in [-0.4, -0.2) is 29.7 Å². The van der Waals surface area contributed by atoms with Crippen molar-refractivity contribution in [3.05, 3.63) is 75.5 Å². The Labute approximate surface area is 189 Å². The zero-order chi connectivity index (χ0) is 22.5. The molecule has 9 heteroatoms. The third kappa shape index (κ3) is 5.07. The first-order valence-electron chi connectivity index (χ1n) is 9.23. The molecular formula is C22H20Cl2N4O3. The fourth-order valence-electron chi connectivity index (χ4n) is 3.08. The molecule has 0 aliphatic carbocycles. The van der Waals surface area contributed by atoms with E-state index in [0.717, 1.165) is 22.6 Å². The summed E-state index contributed by atoms with van der Waals surface area (Å²) >= 11 is 12.1. The molecule has 7 nitrogen and oxygen atoms in total. The minimum atomic E-state index is -0.902. The Kier molecular flexibility index (Phi) is 6.99. The molecule has 0 atom stereocenters. The van der Waals surface area contributed by atoms with Crippen LogP contribution in [0.4, 0.5) is 5.69 Å². The van der Waals surface area contributed by atoms with E-state index in [-0.39, 0.29) is 0 Å². The fraction of sp³-hybridized carbons (Fsp3) is 0.136. The molecule has 2 N–H and O–H groups in total. The molecule has 3 aromatic rings. The van der Waals surface area contributed by atoms with Crippen molar-refractivity contribution in [3.8, 4) is 11.4 Å². The van der Waals surface area contributed by atoms with Crippen molar-refractivity contribution in [1.29, 1.82) is 0 Å². The van der Waals surface area contributed by atoms with E-state index in [1.807, 2.05) is 30.5 Å². The number of rotatable bonds is 5. The number of nitrogens with one attached hydrogen (secondary N) is 2. The predicted molar refractivity (Wildman–Crippen MR) is 123 cm³/mol. The third-order valence-electron chi connectivity index (χ3n) is 4.56. The zero-order valence-electron chi connectivity index (χ0n) is 17.1. The average molecular weight is 459 g/mol. The lowest BCUT2D eigenvalue weighted by molar-refractivity contribution is -0.136. The molecule has 3 rings (SSSR count). The van der Waals surface area contributed by atoms with Crippen molar-refractivity contribution in [2.24, 2.45) is 5.10 Å². The number of aryl methyl sites for hydroxylation is 1. The molecule has 1 aromatic heterocycles. The highest BCUT2D eigenvalue weighted by Crippen LogP contribution is 2.27. The normalized spacial score (nSPS) is 10.9. The Hall–Kier alpha value is -3.29. The van der Waals surface area contributed by atoms with Gasteiger partial charge in [0.1, 0.15) is 5.75 Å². The smallest absolute Gasteiger partial charge is 0.329 e. The van der Waals surface area contributed by atoms with Crippen LogP contribution in [0.3, 0.4) is 0 Å². The minimum Gasteiger partial charge on any atom is -0.495 e. The molecular weight excluding hydrogens is 439 g/mol. The number of nitrogens with zero attached hydrogens (tertiary/aromatic N) is 2. The number of para-hydroxylation sites is 2. The van der Waals surface area contributed by atoms with Crippen molar-refractivity contribution in [1.82, 2.24) is 9.99 Å². The van der Waals surface area contributed by atoms with E-state index in [2.05, 4.69) is 15.8 Å². The standard InChI is InChI=1S/C22H20Cl2N4O3/c1-13-10-15(14(2)28(13)16-8-9-17(23)18(24)11-16)12-25-27-22(30)21(29)26-19-6-4-5-7-20(19)31-3/h4-12H,1-3H3,(H,26,29)(H,27,30)/b25-12-. The van der Waals surface area contributed by atoms with Crippen LogP contribution in [0, 0.1) is 13.8 Å². The van der Waals surface area contributed by atoms with Gasteiger partial charge in [-0.1, -0.05) is 35.3 Å². The number of hydrogen-bond donors (Lipinski definition) is 2. The number of carbonyl (C=O) groups is 2. The van der Waals surface area contributed by atoms with Crippen molar-refractivity contribution in [2.75, 3.05) is 12.4 Å². The van der Waals surface area contributed by atoms with Crippen LogP contribution in [0.15, 0.2) is 53.6 Å². The fourth-order valence-corrected chi connectivity index (χ4v) is 3.37. The largest absolute Gasteiger partial charge is 0.495 e. The highest BCUT2D eigenvalue weighted by Gasteiger charge is 2.15. The lowest BCUT2D eigenvalue weighted by atomic mass is 10.2. The molecule has 2 aromatic carbocycles. The van der Waals surface area contributed by atoms with E-state index in [1.165, 1.54) is 13.3 Å². The second-order valence-electron chi connectivity index (χ2n) is 6.61. The number of carbonyl (C=O) groups excluding carboxylic acids is 2. The molecule has 0 saturated carbocycles. The van der Waals surface area contributed by atoms with Gasteiger partial charge >= 0.3 is 11.8 Å². The van der Waals surface area contributed by atoms with Gasteiger partial charge in [-0.25, -0.2) is 5.43 Å². The van der Waals surface area contributed by atoms with Gasteiger partial charge < -0.3 is 14.6 Å². The topological polar surface area (TPSA) is 84.7 Å². The lowest BCUT2D eigenvalue weighted by Crippen LogP contribution is -2.32. The number of hydrazone groups is 1. The summed E-state index contributed by atoms with van der Waals surface area (Å²) in [7, 11) is 1.48. The molecule has 0 aliphatic heterocycles. The summed E-state index contributed by atoms with van der Waals surface area (Å²) in [6, 6.07) is 14.0. The number of aromatic nitrogens is 1. The maximum Gasteiger partial charge on any atom is 0.329 e. The lowest BCUT2D eigenvalue weighted by Gasteiger charge is -2.10. The number of benzene rings is 2. The molecule has 0 bridgehead atoms. The van der Waals surface area contributed by atoms with Crippen LogP contribution in [-0.2, 0) is 9.59 Å². The van der Waals surface area contributed by atoms with E-state index >= 15 is 0 Å². The second-order valence-corrected chi connectivity index (χ2v) is 7.43. The van der Waals surface area contributed by atoms with Crippen LogP contribution in [0.1, 0.15) is 17.0 Å². The first-order valence-corrected chi connectivity index (χ1v) is 9.99. The van der Waals surface area contributed by atoms with Gasteiger partial charge in [-0.15, -0.1) is 0 Å². The Bertz CT molecular complexity index is 1170. The minimum absolute atomic E-state index is 0.388. The summed E-state index contributed by atoms with van der Waals surface area (Å²) in [5, 5.41) is 7.33. The van der Waals surface area contributed by atoms with E-state index in [1.54, 1.807) is 36.4 Å². The summed E-state index contributed by atoms with van der Waals surface area (Å²) < 4.78 is 7.13. The first kappa shape index (κ1) is 22.4. The molecule has 0 unspecified atom stereocenters. The number of anilines is 1. The van der Waals surface area contributed by atoms with Crippen LogP contribution >= 0.6 is 23.2 Å². The number of methoxy groups -OCH3 is 1. The van der Waals surface area contributed by atoms with Gasteiger partial charge in [0.05, 0.1) is 29.1 Å². The summed E-state index contributed by atoms with van der Waals surface area (Å²) in [5.41, 5.74) is 6.07. The summed E-state index contributed by atoms with van der Waals surface area (Å²) in [6.07, 6.45) is 1.48. The highest BCUT2D eigenvalue weighted by molar-refractivity contribution is 6.42. The van der Waals surface area contributed by atoms with Crippen LogP contribution < -0.4 is 15.5 Å². The van der Waals surface area contributed by atoms with Gasteiger partial charge in [0.15, 0.2) is 0 Å². The Balaban J connectivity index is 1.70. The second kappa shape index (κ2) is 9.68. The predicted octanol–water partition coefficient (Wildman–Crippen LogP) is 4.50. The van der Waals surface area contributed by atoms with Crippen molar-refractivity contribution >= 4 is 46.9 Å². The molecule has 31 heavy (non-hydrogen) atoms. The van der Waals surface area contributed by atoms with Crippen LogP contribution in [0.5, 0.6) is 5.75 Å². The van der Waals surface area contributed by atoms with Gasteiger partial charge in [0.2, 0.25) is 0 Å². The molecule has 1 heterocycles. The maximum absolute atomic E-state index is 12.1. The van der Waals surface area contributed by atoms with Crippen LogP contribution in [0.2, 0.25) is 10.0 Å². The third-order valence-corrected chi connectivity index (χ3v) is 5.30. The molecule has 0 radical (unpaired) electrons. The Morgan fingerprint density at radius 3 is 2.48 bits per heavy atom. The molecule has 160 valence electrons. The number of ether oxygens (including phenoxy) is 1. The van der Waals surface area contributed by atoms with Gasteiger partial charge in [-0.3, -0.25) is 9.59 Å². The van der Waals surface area contributed by atoms with Gasteiger partial charge in [0, 0.05) is 22.6 Å².